The molecule has 2 heterocycles. The molecule has 4 rings (SSSR count). The van der Waals surface area contributed by atoms with Gasteiger partial charge >= 0.3 is 6.03 Å². The summed E-state index contributed by atoms with van der Waals surface area (Å²) in [6.45, 7) is 3.95. The van der Waals surface area contributed by atoms with Crippen molar-refractivity contribution < 1.29 is 14.7 Å². The average molecular weight is 468 g/mol. The molecule has 33 heavy (non-hydrogen) atoms. The second kappa shape index (κ2) is 9.62. The van der Waals surface area contributed by atoms with E-state index in [9.17, 15) is 14.7 Å². The van der Waals surface area contributed by atoms with Gasteiger partial charge in [-0.15, -0.1) is 0 Å². The zero-order valence-electron chi connectivity index (χ0n) is 18.5. The van der Waals surface area contributed by atoms with E-state index in [0.717, 1.165) is 31.4 Å². The van der Waals surface area contributed by atoms with Gasteiger partial charge in [-0.1, -0.05) is 24.9 Å². The van der Waals surface area contributed by atoms with Crippen molar-refractivity contribution in [3.8, 4) is 17.0 Å². The van der Waals surface area contributed by atoms with Gasteiger partial charge in [-0.25, -0.2) is 9.78 Å². The van der Waals surface area contributed by atoms with E-state index in [1.165, 1.54) is 16.9 Å². The summed E-state index contributed by atoms with van der Waals surface area (Å²) in [5, 5.41) is 20.9. The molecule has 1 saturated carbocycles. The summed E-state index contributed by atoms with van der Waals surface area (Å²) < 4.78 is 1.41. The lowest BCUT2D eigenvalue weighted by Gasteiger charge is -2.25. The zero-order chi connectivity index (χ0) is 23.5. The first kappa shape index (κ1) is 22.8. The molecule has 2 amide bonds. The van der Waals surface area contributed by atoms with Gasteiger partial charge in [0.25, 0.3) is 5.91 Å². The minimum Gasteiger partial charge on any atom is -0.507 e. The number of pyridine rings is 1. The normalized spacial score (nSPS) is 14.4. The number of benzene rings is 1. The first-order valence-corrected chi connectivity index (χ1v) is 11.4. The lowest BCUT2D eigenvalue weighted by Crippen LogP contribution is -2.37. The Morgan fingerprint density at radius 3 is 2.73 bits per heavy atom. The minimum absolute atomic E-state index is 0.000414. The van der Waals surface area contributed by atoms with E-state index in [0.29, 0.717) is 16.9 Å². The monoisotopic (exact) mass is 467 g/mol. The molecule has 0 aliphatic heterocycles. The number of hydrogen-bond donors (Lipinski definition) is 3. The molecule has 1 aliphatic rings. The van der Waals surface area contributed by atoms with Crippen molar-refractivity contribution in [1.82, 2.24) is 20.1 Å². The fourth-order valence-electron chi connectivity index (χ4n) is 3.63. The van der Waals surface area contributed by atoms with E-state index >= 15 is 0 Å². The quantitative estimate of drug-likeness (QED) is 0.342. The molecule has 3 aromatic rings. The number of aromatic nitrogens is 3. The van der Waals surface area contributed by atoms with E-state index in [1.807, 2.05) is 19.9 Å². The van der Waals surface area contributed by atoms with Crippen LogP contribution in [0.5, 0.6) is 5.75 Å². The highest BCUT2D eigenvalue weighted by Gasteiger charge is 2.28. The number of anilines is 1. The maximum atomic E-state index is 12.9. The summed E-state index contributed by atoms with van der Waals surface area (Å²) in [5.41, 5.74) is 2.40. The van der Waals surface area contributed by atoms with Crippen molar-refractivity contribution in [2.75, 3.05) is 5.32 Å². The third-order valence-corrected chi connectivity index (χ3v) is 6.27. The van der Waals surface area contributed by atoms with E-state index < -0.39 is 5.91 Å². The number of nitrogens with one attached hydrogen (secondary N) is 2. The molecular formula is C24H26ClN5O3. The zero-order valence-corrected chi connectivity index (χ0v) is 19.3. The lowest BCUT2D eigenvalue weighted by atomic mass is 9.82. The number of hydrogen-bond acceptors (Lipinski definition) is 5. The van der Waals surface area contributed by atoms with Crippen LogP contribution in [0, 0.1) is 0 Å². The molecule has 1 unspecified atom stereocenters. The molecule has 8 nitrogen and oxygen atoms in total. The number of halogens is 1. The lowest BCUT2D eigenvalue weighted by molar-refractivity contribution is 0.102. The summed E-state index contributed by atoms with van der Waals surface area (Å²) in [5.74, 6) is -0.162. The first-order chi connectivity index (χ1) is 15.9. The largest absolute Gasteiger partial charge is 0.507 e. The smallest absolute Gasteiger partial charge is 0.342 e. The number of carbonyl (C=O) groups excluding carboxylic acids is 2. The summed E-state index contributed by atoms with van der Waals surface area (Å²) >= 11 is 6.02. The number of rotatable bonds is 6. The van der Waals surface area contributed by atoms with Gasteiger partial charge in [0.1, 0.15) is 10.9 Å². The predicted octanol–water partition coefficient (Wildman–Crippen LogP) is 5.18. The van der Waals surface area contributed by atoms with Crippen LogP contribution in [0.4, 0.5) is 10.5 Å². The molecule has 1 aromatic carbocycles. The number of phenols is 1. The summed E-state index contributed by atoms with van der Waals surface area (Å²) in [4.78, 5) is 29.4. The third-order valence-electron chi connectivity index (χ3n) is 5.97. The van der Waals surface area contributed by atoms with Gasteiger partial charge in [-0.05, 0) is 62.6 Å². The Morgan fingerprint density at radius 1 is 1.27 bits per heavy atom. The van der Waals surface area contributed by atoms with Crippen molar-refractivity contribution in [2.24, 2.45) is 0 Å². The standard InChI is InChI=1S/C24H26ClN5O3/c1-3-14(2)27-24(33)30-20(15-6-4-7-15)13-19(29-30)18-12-16(9-10-21(18)31)28-23(32)17-8-5-11-26-22(17)25/h5,8-15,31H,3-4,6-7H2,1-2H3,(H,27,33)(H,28,32). The molecule has 3 N–H and O–H groups in total. The second-order valence-corrected chi connectivity index (χ2v) is 8.64. The Labute approximate surface area is 197 Å². The van der Waals surface area contributed by atoms with Crippen LogP contribution in [0.15, 0.2) is 42.6 Å². The maximum Gasteiger partial charge on any atom is 0.342 e. The van der Waals surface area contributed by atoms with E-state index in [1.54, 1.807) is 24.3 Å². The topological polar surface area (TPSA) is 109 Å². The third kappa shape index (κ3) is 4.85. The van der Waals surface area contributed by atoms with Crippen molar-refractivity contribution in [1.29, 1.82) is 0 Å². The van der Waals surface area contributed by atoms with Crippen LogP contribution in [0.2, 0.25) is 5.15 Å². The number of nitrogens with zero attached hydrogens (tertiary/aromatic N) is 3. The predicted molar refractivity (Wildman–Crippen MR) is 127 cm³/mol. The molecule has 0 saturated heterocycles. The summed E-state index contributed by atoms with van der Waals surface area (Å²) in [6.07, 6.45) is 5.42. The molecule has 1 fully saturated rings. The average Bonchev–Trinajstić information content (AvgIpc) is 3.18. The van der Waals surface area contributed by atoms with E-state index in [2.05, 4.69) is 20.7 Å². The molecule has 1 aliphatic carbocycles. The summed E-state index contributed by atoms with van der Waals surface area (Å²) in [6, 6.07) is 9.48. The van der Waals surface area contributed by atoms with Crippen LogP contribution in [0.1, 0.15) is 61.5 Å². The summed E-state index contributed by atoms with van der Waals surface area (Å²) in [7, 11) is 0. The SMILES string of the molecule is CCC(C)NC(=O)n1nc(-c2cc(NC(=O)c3cccnc3Cl)ccc2O)cc1C1CCC1. The van der Waals surface area contributed by atoms with Crippen LogP contribution in [-0.4, -0.2) is 37.9 Å². The molecule has 0 radical (unpaired) electrons. The van der Waals surface area contributed by atoms with Crippen LogP contribution in [-0.2, 0) is 0 Å². The molecule has 9 heteroatoms. The van der Waals surface area contributed by atoms with Crippen molar-refractivity contribution >= 4 is 29.2 Å². The van der Waals surface area contributed by atoms with Gasteiger partial charge in [0.05, 0.1) is 17.0 Å². The van der Waals surface area contributed by atoms with Gasteiger partial charge < -0.3 is 15.7 Å². The Bertz CT molecular complexity index is 1190. The first-order valence-electron chi connectivity index (χ1n) is 11.0. The van der Waals surface area contributed by atoms with Gasteiger partial charge in [0, 0.05) is 29.4 Å². The second-order valence-electron chi connectivity index (χ2n) is 8.28. The maximum absolute atomic E-state index is 12.9. The molecule has 0 bridgehead atoms. The minimum atomic E-state index is -0.418. The van der Waals surface area contributed by atoms with Gasteiger partial charge in [0.2, 0.25) is 0 Å². The number of aromatic hydroxyl groups is 1. The van der Waals surface area contributed by atoms with Gasteiger partial charge in [-0.2, -0.15) is 9.78 Å². The van der Waals surface area contributed by atoms with Crippen molar-refractivity contribution in [3.63, 3.8) is 0 Å². The Kier molecular flexibility index (Phi) is 6.65. The fraction of sp³-hybridized carbons (Fsp3) is 0.333. The number of carbonyl (C=O) groups is 2. The number of phenolic OH excluding ortho intramolecular Hbond substituents is 1. The molecule has 2 aromatic heterocycles. The van der Waals surface area contributed by atoms with Crippen LogP contribution in [0.3, 0.4) is 0 Å². The highest BCUT2D eigenvalue weighted by molar-refractivity contribution is 6.33. The van der Waals surface area contributed by atoms with Gasteiger partial charge in [0.15, 0.2) is 0 Å². The highest BCUT2D eigenvalue weighted by atomic mass is 35.5. The van der Waals surface area contributed by atoms with Crippen LogP contribution in [0.25, 0.3) is 11.3 Å². The highest BCUT2D eigenvalue weighted by Crippen LogP contribution is 2.39. The Balaban J connectivity index is 1.65. The Morgan fingerprint density at radius 2 is 2.06 bits per heavy atom. The molecule has 1 atom stereocenters. The molecule has 172 valence electrons. The van der Waals surface area contributed by atoms with E-state index in [4.69, 9.17) is 11.6 Å². The molecule has 0 spiro atoms. The van der Waals surface area contributed by atoms with Crippen LogP contribution < -0.4 is 10.6 Å². The van der Waals surface area contributed by atoms with Gasteiger partial charge in [-0.3, -0.25) is 4.79 Å². The van der Waals surface area contributed by atoms with Crippen molar-refractivity contribution in [2.45, 2.75) is 51.5 Å². The van der Waals surface area contributed by atoms with Crippen molar-refractivity contribution in [3.05, 3.63) is 59.0 Å². The fourth-order valence-corrected chi connectivity index (χ4v) is 3.84. The Hall–Kier alpha value is -3.39. The van der Waals surface area contributed by atoms with Crippen LogP contribution >= 0.6 is 11.6 Å². The molecular weight excluding hydrogens is 442 g/mol. The van der Waals surface area contributed by atoms with E-state index in [-0.39, 0.29) is 34.5 Å². The number of amides is 2.